The number of benzene rings is 1. The number of esters is 2. The van der Waals surface area contributed by atoms with E-state index in [0.717, 1.165) is 26.7 Å². The molecule has 1 N–H and O–H groups in total. The van der Waals surface area contributed by atoms with Gasteiger partial charge in [-0.15, -0.1) is 0 Å². The number of methoxy groups -OCH3 is 2. The molecule has 1 aromatic heterocycles. The summed E-state index contributed by atoms with van der Waals surface area (Å²) in [5.41, 5.74) is 0.181. The summed E-state index contributed by atoms with van der Waals surface area (Å²) in [7, 11) is 2.30. The maximum absolute atomic E-state index is 13.4. The minimum absolute atomic E-state index is 0.108. The molecule has 0 aliphatic heterocycles. The molecule has 31 heavy (non-hydrogen) atoms. The van der Waals surface area contributed by atoms with Crippen LogP contribution in [0, 0.1) is 0 Å². The minimum atomic E-state index is -4.56. The number of nitrogens with one attached hydrogen (secondary N) is 1. The number of anilines is 1. The van der Waals surface area contributed by atoms with Gasteiger partial charge in [0.25, 0.3) is 0 Å². The molecule has 11 heteroatoms. The molecule has 3 rings (SSSR count). The van der Waals surface area contributed by atoms with Crippen LogP contribution in [0.15, 0.2) is 30.0 Å². The van der Waals surface area contributed by atoms with Crippen LogP contribution in [0.3, 0.4) is 0 Å². The predicted molar refractivity (Wildman–Crippen MR) is 106 cm³/mol. The van der Waals surface area contributed by atoms with Crippen molar-refractivity contribution >= 4 is 29.2 Å². The Morgan fingerprint density at radius 2 is 1.90 bits per heavy atom. The molecule has 7 nitrogen and oxygen atoms in total. The van der Waals surface area contributed by atoms with Gasteiger partial charge in [0.1, 0.15) is 5.70 Å². The van der Waals surface area contributed by atoms with E-state index >= 15 is 0 Å². The number of carbonyl (C=O) groups is 2. The molecule has 0 radical (unpaired) electrons. The summed E-state index contributed by atoms with van der Waals surface area (Å²) in [6, 6.07) is 4.40. The van der Waals surface area contributed by atoms with Crippen LogP contribution in [-0.4, -0.2) is 35.9 Å². The van der Waals surface area contributed by atoms with Gasteiger partial charge >= 0.3 is 18.1 Å². The quantitative estimate of drug-likeness (QED) is 0.538. The zero-order valence-corrected chi connectivity index (χ0v) is 17.4. The predicted octanol–water partition coefficient (Wildman–Crippen LogP) is 4.07. The van der Waals surface area contributed by atoms with Gasteiger partial charge in [-0.05, 0) is 43.9 Å². The van der Waals surface area contributed by atoms with Crippen molar-refractivity contribution in [3.05, 3.63) is 51.9 Å². The third-order valence-electron chi connectivity index (χ3n) is 4.77. The highest BCUT2D eigenvalue weighted by molar-refractivity contribution is 6.32. The van der Waals surface area contributed by atoms with Gasteiger partial charge in [0.15, 0.2) is 5.69 Å². The van der Waals surface area contributed by atoms with E-state index in [1.54, 1.807) is 0 Å². The van der Waals surface area contributed by atoms with Gasteiger partial charge in [0.2, 0.25) is 0 Å². The average Bonchev–Trinajstić information content (AvgIpc) is 3.12. The van der Waals surface area contributed by atoms with Crippen LogP contribution in [0.1, 0.15) is 29.8 Å². The highest BCUT2D eigenvalue weighted by Gasteiger charge is 2.39. The molecule has 0 bridgehead atoms. The summed E-state index contributed by atoms with van der Waals surface area (Å²) in [5.74, 6) is -1.60. The molecule has 0 amide bonds. The van der Waals surface area contributed by atoms with Crippen LogP contribution in [0.25, 0.3) is 5.69 Å². The van der Waals surface area contributed by atoms with Crippen molar-refractivity contribution in [3.63, 3.8) is 0 Å². The first-order valence-corrected chi connectivity index (χ1v) is 9.66. The molecule has 0 saturated carbocycles. The minimum Gasteiger partial charge on any atom is -0.466 e. The van der Waals surface area contributed by atoms with Gasteiger partial charge in [-0.3, -0.25) is 0 Å². The van der Waals surface area contributed by atoms with Crippen molar-refractivity contribution in [1.82, 2.24) is 9.78 Å². The molecule has 1 aromatic carbocycles. The van der Waals surface area contributed by atoms with E-state index in [1.807, 2.05) is 0 Å². The van der Waals surface area contributed by atoms with Crippen molar-refractivity contribution in [1.29, 1.82) is 0 Å². The second-order valence-electron chi connectivity index (χ2n) is 6.75. The van der Waals surface area contributed by atoms with Crippen LogP contribution < -0.4 is 5.32 Å². The van der Waals surface area contributed by atoms with Crippen molar-refractivity contribution < 1.29 is 32.2 Å². The first-order chi connectivity index (χ1) is 14.7. The Morgan fingerprint density at radius 3 is 2.52 bits per heavy atom. The van der Waals surface area contributed by atoms with Gasteiger partial charge in [0, 0.05) is 16.9 Å². The lowest BCUT2D eigenvalue weighted by molar-refractivity contribution is -0.142. The Labute approximate surface area is 180 Å². The zero-order valence-electron chi connectivity index (χ0n) is 16.7. The maximum Gasteiger partial charge on any atom is 0.435 e. The van der Waals surface area contributed by atoms with E-state index in [-0.39, 0.29) is 22.0 Å². The molecule has 0 atom stereocenters. The number of alkyl halides is 3. The molecule has 1 aliphatic rings. The molecule has 1 heterocycles. The van der Waals surface area contributed by atoms with Crippen molar-refractivity contribution in [2.75, 3.05) is 19.5 Å². The highest BCUT2D eigenvalue weighted by atomic mass is 35.5. The van der Waals surface area contributed by atoms with Crippen LogP contribution in [0.5, 0.6) is 0 Å². The molecule has 0 fully saturated rings. The Kier molecular flexibility index (Phi) is 6.59. The smallest absolute Gasteiger partial charge is 0.435 e. The molecular formula is C20H19ClF3N3O4. The number of ether oxygens (including phenoxy) is 2. The lowest BCUT2D eigenvalue weighted by Crippen LogP contribution is -2.15. The van der Waals surface area contributed by atoms with Gasteiger partial charge < -0.3 is 14.8 Å². The molecule has 0 unspecified atom stereocenters. The fraction of sp³-hybridized carbons (Fsp3) is 0.350. The normalized spacial score (nSPS) is 14.1. The Morgan fingerprint density at radius 1 is 1.19 bits per heavy atom. The number of hydrogen-bond donors (Lipinski definition) is 1. The second-order valence-corrected chi connectivity index (χ2v) is 7.16. The second kappa shape index (κ2) is 9.01. The zero-order chi connectivity index (χ0) is 22.8. The lowest BCUT2D eigenvalue weighted by atomic mass is 9.95. The third kappa shape index (κ3) is 4.84. The van der Waals surface area contributed by atoms with Crippen LogP contribution in [0.2, 0.25) is 5.02 Å². The van der Waals surface area contributed by atoms with E-state index in [2.05, 4.69) is 19.9 Å². The van der Waals surface area contributed by atoms with Crippen molar-refractivity contribution in [2.45, 2.75) is 31.9 Å². The fourth-order valence-electron chi connectivity index (χ4n) is 3.37. The number of rotatable bonds is 5. The number of carbonyl (C=O) groups excluding carboxylic acids is 2. The largest absolute Gasteiger partial charge is 0.466 e. The molecule has 0 spiro atoms. The number of halogens is 4. The van der Waals surface area contributed by atoms with Gasteiger partial charge in [-0.25, -0.2) is 14.3 Å². The number of hydrogen-bond acceptors (Lipinski definition) is 6. The average molecular weight is 458 g/mol. The molecule has 0 saturated heterocycles. The summed E-state index contributed by atoms with van der Waals surface area (Å²) < 4.78 is 50.7. The SMILES string of the molecule is COC(=O)/C=C(/Nc1ccc(-n2nc(C(F)(F)F)c3c2CCCC3)c(Cl)c1)C(=O)OC. The lowest BCUT2D eigenvalue weighted by Gasteiger charge is -2.16. The number of aromatic nitrogens is 2. The standard InChI is InChI=1S/C20H19ClF3N3O4/c1-30-17(28)10-14(19(29)31-2)25-11-7-8-16(13(21)9-11)27-15-6-4-3-5-12(15)18(26-27)20(22,23)24/h7-10,25H,3-6H2,1-2H3/b14-10+. The van der Waals surface area contributed by atoms with Crippen LogP contribution in [-0.2, 0) is 38.1 Å². The summed E-state index contributed by atoms with van der Waals surface area (Å²) in [6.07, 6.45) is -1.46. The topological polar surface area (TPSA) is 82.5 Å². The molecule has 1 aliphatic carbocycles. The van der Waals surface area contributed by atoms with Gasteiger partial charge in [0.05, 0.1) is 31.0 Å². The Balaban J connectivity index is 1.98. The molecular weight excluding hydrogens is 439 g/mol. The first kappa shape index (κ1) is 22.7. The number of fused-ring (bicyclic) bond motifs is 1. The monoisotopic (exact) mass is 457 g/mol. The Bertz CT molecular complexity index is 1050. The summed E-state index contributed by atoms with van der Waals surface area (Å²) in [4.78, 5) is 23.4. The van der Waals surface area contributed by atoms with E-state index in [0.29, 0.717) is 30.6 Å². The first-order valence-electron chi connectivity index (χ1n) is 9.28. The van der Waals surface area contributed by atoms with Crippen molar-refractivity contribution in [2.24, 2.45) is 0 Å². The summed E-state index contributed by atoms with van der Waals surface area (Å²) >= 11 is 6.35. The van der Waals surface area contributed by atoms with E-state index in [1.165, 1.54) is 22.9 Å². The van der Waals surface area contributed by atoms with E-state index < -0.39 is 23.8 Å². The van der Waals surface area contributed by atoms with Crippen LogP contribution >= 0.6 is 11.6 Å². The Hall–Kier alpha value is -3.01. The maximum atomic E-state index is 13.4. The fourth-order valence-corrected chi connectivity index (χ4v) is 3.63. The highest BCUT2D eigenvalue weighted by Crippen LogP contribution is 2.38. The summed E-state index contributed by atoms with van der Waals surface area (Å²) in [6.45, 7) is 0. The summed E-state index contributed by atoms with van der Waals surface area (Å²) in [5, 5.41) is 6.62. The van der Waals surface area contributed by atoms with E-state index in [4.69, 9.17) is 11.6 Å². The van der Waals surface area contributed by atoms with Gasteiger partial charge in [-0.2, -0.15) is 18.3 Å². The van der Waals surface area contributed by atoms with Crippen molar-refractivity contribution in [3.8, 4) is 5.69 Å². The third-order valence-corrected chi connectivity index (χ3v) is 5.08. The number of nitrogens with zero attached hydrogens (tertiary/aromatic N) is 2. The molecule has 2 aromatic rings. The van der Waals surface area contributed by atoms with E-state index in [9.17, 15) is 22.8 Å². The van der Waals surface area contributed by atoms with Gasteiger partial charge in [-0.1, -0.05) is 11.6 Å². The molecule has 166 valence electrons. The van der Waals surface area contributed by atoms with Crippen LogP contribution in [0.4, 0.5) is 18.9 Å².